The lowest BCUT2D eigenvalue weighted by Crippen LogP contribution is -2.46. The second kappa shape index (κ2) is 9.11. The molecule has 0 spiro atoms. The predicted octanol–water partition coefficient (Wildman–Crippen LogP) is 4.64. The summed E-state index contributed by atoms with van der Waals surface area (Å²) in [5, 5.41) is 3.19. The van der Waals surface area contributed by atoms with Gasteiger partial charge in [-0.05, 0) is 31.6 Å². The number of carbonyl (C=O) groups excluding carboxylic acids is 1. The van der Waals surface area contributed by atoms with E-state index in [9.17, 15) is 4.79 Å². The van der Waals surface area contributed by atoms with Crippen molar-refractivity contribution in [2.75, 3.05) is 4.43 Å². The van der Waals surface area contributed by atoms with Crippen LogP contribution in [0, 0.1) is 11.8 Å². The first-order valence-electron chi connectivity index (χ1n) is 8.50. The topological polar surface area (TPSA) is 38.3 Å². The average molecular weight is 407 g/mol. The van der Waals surface area contributed by atoms with Crippen LogP contribution in [0.4, 0.5) is 4.79 Å². The molecule has 0 aromatic rings. The van der Waals surface area contributed by atoms with Crippen LogP contribution in [0.25, 0.3) is 0 Å². The molecule has 0 radical (unpaired) electrons. The Morgan fingerprint density at radius 2 is 1.86 bits per heavy atom. The molecule has 3 nitrogen and oxygen atoms in total. The minimum atomic E-state index is -0.201. The Kier molecular flexibility index (Phi) is 7.47. The van der Waals surface area contributed by atoms with Crippen LogP contribution in [0.1, 0.15) is 64.7 Å². The first-order chi connectivity index (χ1) is 10.2. The predicted molar refractivity (Wildman–Crippen MR) is 97.4 cm³/mol. The number of amides is 1. The monoisotopic (exact) mass is 407 g/mol. The lowest BCUT2D eigenvalue weighted by atomic mass is 9.71. The smallest absolute Gasteiger partial charge is 0.407 e. The molecule has 0 aromatic carbocycles. The zero-order valence-electron chi connectivity index (χ0n) is 13.3. The number of carbonyl (C=O) groups is 1. The largest absolute Gasteiger partial charge is 0.446 e. The summed E-state index contributed by atoms with van der Waals surface area (Å²) in [5.41, 5.74) is 0. The first kappa shape index (κ1) is 17.2. The molecule has 2 rings (SSSR count). The molecule has 3 unspecified atom stereocenters. The summed E-state index contributed by atoms with van der Waals surface area (Å²) in [6.07, 6.45) is 11.7. The molecular formula is C17H30INO2. The van der Waals surface area contributed by atoms with E-state index in [1.807, 2.05) is 6.92 Å². The minimum absolute atomic E-state index is 0.0204. The molecule has 0 heterocycles. The van der Waals surface area contributed by atoms with Gasteiger partial charge in [0.25, 0.3) is 0 Å². The Labute approximate surface area is 139 Å². The molecule has 1 N–H and O–H groups in total. The lowest BCUT2D eigenvalue weighted by molar-refractivity contribution is 0.0966. The van der Waals surface area contributed by atoms with Gasteiger partial charge in [-0.3, -0.25) is 0 Å². The maximum Gasteiger partial charge on any atom is 0.407 e. The van der Waals surface area contributed by atoms with Crippen molar-refractivity contribution in [3.05, 3.63) is 0 Å². The van der Waals surface area contributed by atoms with Crippen molar-refractivity contribution in [1.82, 2.24) is 5.32 Å². The Balaban J connectivity index is 1.86. The second-order valence-electron chi connectivity index (χ2n) is 6.66. The molecule has 0 saturated heterocycles. The molecule has 0 aromatic heterocycles. The van der Waals surface area contributed by atoms with Gasteiger partial charge in [0.1, 0.15) is 6.10 Å². The third kappa shape index (κ3) is 5.53. The Bertz CT molecular complexity index is 342. The van der Waals surface area contributed by atoms with Gasteiger partial charge < -0.3 is 10.1 Å². The summed E-state index contributed by atoms with van der Waals surface area (Å²) in [6.45, 7) is 1.98. The van der Waals surface area contributed by atoms with E-state index in [1.165, 1.54) is 51.4 Å². The van der Waals surface area contributed by atoms with E-state index in [0.717, 1.165) is 16.8 Å². The Hall–Kier alpha value is -0.130. The van der Waals surface area contributed by atoms with E-state index in [1.54, 1.807) is 0 Å². The van der Waals surface area contributed by atoms with E-state index in [0.29, 0.717) is 12.0 Å². The van der Waals surface area contributed by atoms with Crippen molar-refractivity contribution in [3.8, 4) is 0 Å². The molecule has 1 amide bonds. The standard InChI is InChI=1S/C17H30INO2/c1-13(12-18-2)21-17(20)19-16-11-7-6-10-15(16)14-8-4-3-5-9-14/h13-16H,2-12H2,1H3,(H,19,20). The second-order valence-corrected chi connectivity index (χ2v) is 8.62. The van der Waals surface area contributed by atoms with Crippen LogP contribution in [0.2, 0.25) is 0 Å². The van der Waals surface area contributed by atoms with E-state index in [2.05, 4.69) is 9.83 Å². The maximum atomic E-state index is 12.1. The average Bonchev–Trinajstić information content (AvgIpc) is 2.48. The lowest BCUT2D eigenvalue weighted by Gasteiger charge is -2.39. The van der Waals surface area contributed by atoms with Crippen LogP contribution in [0.3, 0.4) is 0 Å². The molecular weight excluding hydrogens is 377 g/mol. The van der Waals surface area contributed by atoms with Crippen molar-refractivity contribution in [1.29, 1.82) is 0 Å². The normalized spacial score (nSPS) is 28.8. The molecule has 2 aliphatic rings. The van der Waals surface area contributed by atoms with E-state index in [-0.39, 0.29) is 32.9 Å². The first-order valence-corrected chi connectivity index (χ1v) is 11.6. The van der Waals surface area contributed by atoms with Crippen LogP contribution >= 0.6 is 20.7 Å². The van der Waals surface area contributed by atoms with Gasteiger partial charge in [-0.2, -0.15) is 0 Å². The van der Waals surface area contributed by atoms with E-state index >= 15 is 0 Å². The molecule has 2 fully saturated rings. The van der Waals surface area contributed by atoms with Gasteiger partial charge in [-0.25, -0.2) is 4.79 Å². The van der Waals surface area contributed by atoms with E-state index < -0.39 is 0 Å². The van der Waals surface area contributed by atoms with Crippen molar-refractivity contribution < 1.29 is 9.53 Å². The highest BCUT2D eigenvalue weighted by molar-refractivity contribution is 14.2. The fraction of sp³-hybridized carbons (Fsp3) is 0.882. The number of halogens is 1. The van der Waals surface area contributed by atoms with Gasteiger partial charge in [0.15, 0.2) is 0 Å². The fourth-order valence-electron chi connectivity index (χ4n) is 4.02. The number of alkyl halides is 1. The number of hydrogen-bond donors (Lipinski definition) is 1. The summed E-state index contributed by atoms with van der Waals surface area (Å²) in [6, 6.07) is 0.344. The number of alkyl carbamates (subject to hydrolysis) is 1. The number of nitrogens with one attached hydrogen (secondary N) is 1. The molecule has 2 saturated carbocycles. The number of ether oxygens (including phenoxy) is 1. The molecule has 122 valence electrons. The van der Waals surface area contributed by atoms with Gasteiger partial charge in [0, 0.05) is 10.5 Å². The SMILES string of the molecule is C=ICC(C)OC(=O)NC1CCCCC1C1CCCCC1. The van der Waals surface area contributed by atoms with Gasteiger partial charge in [0.05, 0.1) is 0 Å². The number of hydrogen-bond acceptors (Lipinski definition) is 2. The van der Waals surface area contributed by atoms with Gasteiger partial charge in [0.2, 0.25) is 0 Å². The number of rotatable bonds is 5. The molecule has 2 aliphatic carbocycles. The summed E-state index contributed by atoms with van der Waals surface area (Å²) >= 11 is -0.0604. The van der Waals surface area contributed by atoms with Crippen molar-refractivity contribution in [2.45, 2.75) is 76.9 Å². The molecule has 3 atom stereocenters. The summed E-state index contributed by atoms with van der Waals surface area (Å²) < 4.78 is 10.3. The van der Waals surface area contributed by atoms with E-state index in [4.69, 9.17) is 4.74 Å². The molecule has 21 heavy (non-hydrogen) atoms. The summed E-state index contributed by atoms with van der Waals surface area (Å²) in [5.74, 6) is 1.51. The zero-order valence-corrected chi connectivity index (χ0v) is 15.4. The minimum Gasteiger partial charge on any atom is -0.446 e. The van der Waals surface area contributed by atoms with Crippen LogP contribution in [0.15, 0.2) is 0 Å². The molecule has 4 heteroatoms. The van der Waals surface area contributed by atoms with Crippen LogP contribution in [-0.4, -0.2) is 27.2 Å². The van der Waals surface area contributed by atoms with Crippen LogP contribution < -0.4 is 5.32 Å². The highest BCUT2D eigenvalue weighted by Crippen LogP contribution is 2.38. The van der Waals surface area contributed by atoms with Crippen molar-refractivity contribution in [2.24, 2.45) is 11.8 Å². The van der Waals surface area contributed by atoms with Gasteiger partial charge in [-0.15, -0.1) is 20.7 Å². The maximum absolute atomic E-state index is 12.1. The fourth-order valence-corrected chi connectivity index (χ4v) is 5.08. The Morgan fingerprint density at radius 1 is 1.19 bits per heavy atom. The van der Waals surface area contributed by atoms with Crippen LogP contribution in [0.5, 0.6) is 0 Å². The highest BCUT2D eigenvalue weighted by Gasteiger charge is 2.33. The van der Waals surface area contributed by atoms with Gasteiger partial charge >= 0.3 is 6.09 Å². The highest BCUT2D eigenvalue weighted by atomic mass is 127. The summed E-state index contributed by atoms with van der Waals surface area (Å²) in [7, 11) is 0. The van der Waals surface area contributed by atoms with Gasteiger partial charge in [-0.1, -0.05) is 49.5 Å². The quantitative estimate of drug-likeness (QED) is 0.533. The summed E-state index contributed by atoms with van der Waals surface area (Å²) in [4.78, 5) is 12.1. The molecule has 0 bridgehead atoms. The zero-order chi connectivity index (χ0) is 15.1. The molecule has 0 aliphatic heterocycles. The van der Waals surface area contributed by atoms with Crippen molar-refractivity contribution >= 4 is 31.3 Å². The Morgan fingerprint density at radius 3 is 2.57 bits per heavy atom. The third-order valence-corrected chi connectivity index (χ3v) is 6.88. The van der Waals surface area contributed by atoms with Crippen LogP contribution in [-0.2, 0) is 4.74 Å². The third-order valence-electron chi connectivity index (χ3n) is 5.01. The van der Waals surface area contributed by atoms with Crippen molar-refractivity contribution in [3.63, 3.8) is 0 Å².